The number of hydrogen-bond donors (Lipinski definition) is 1. The number of unbranched alkanes of at least 4 members (excludes halogenated alkanes) is 4. The number of aliphatic hydroxyl groups is 1. The number of aliphatic hydroxyl groups excluding tert-OH is 1. The molecule has 0 amide bonds. The minimum Gasteiger partial charge on any atom is -0.462 e. The molecule has 1 aliphatic rings. The van der Waals surface area contributed by atoms with Gasteiger partial charge in [-0.2, -0.15) is 0 Å². The molecule has 2 rings (SSSR count). The van der Waals surface area contributed by atoms with Gasteiger partial charge in [-0.1, -0.05) is 76.3 Å². The summed E-state index contributed by atoms with van der Waals surface area (Å²) in [4.78, 5) is 11.6. The van der Waals surface area contributed by atoms with Gasteiger partial charge in [-0.25, -0.2) is 4.79 Å². The summed E-state index contributed by atoms with van der Waals surface area (Å²) >= 11 is 0. The van der Waals surface area contributed by atoms with Gasteiger partial charge in [0, 0.05) is 18.1 Å². The molecule has 0 radical (unpaired) electrons. The first kappa shape index (κ1) is 25.6. The number of aryl methyl sites for hydroxylation is 2. The van der Waals surface area contributed by atoms with E-state index < -0.39 is 0 Å². The second-order valence-corrected chi connectivity index (χ2v) is 9.62. The van der Waals surface area contributed by atoms with Crippen molar-refractivity contribution in [2.24, 2.45) is 17.8 Å². The van der Waals surface area contributed by atoms with Gasteiger partial charge < -0.3 is 9.84 Å². The fraction of sp³-hybridized carbons (Fsp3) is 0.679. The standard InChI is InChI=1S/C28H44O3/c1-4-5-6-7-8-9-23-10-12-24(13-11-23)14-15-25-16-18-26(19-17-25)27(20-29)21-31-28(30)22(2)3/h10-13,25-27,29H,2,4-9,14-21H2,1,3H3. The zero-order chi connectivity index (χ0) is 22.5. The van der Waals surface area contributed by atoms with Crippen LogP contribution in [0.25, 0.3) is 0 Å². The zero-order valence-corrected chi connectivity index (χ0v) is 19.9. The first-order valence-electron chi connectivity index (χ1n) is 12.5. The molecule has 1 aromatic rings. The van der Waals surface area contributed by atoms with E-state index in [1.807, 2.05) is 0 Å². The molecule has 1 unspecified atom stereocenters. The Morgan fingerprint density at radius 2 is 1.65 bits per heavy atom. The molecule has 3 nitrogen and oxygen atoms in total. The molecule has 0 bridgehead atoms. The van der Waals surface area contributed by atoms with Crippen molar-refractivity contribution in [2.45, 2.75) is 90.9 Å². The van der Waals surface area contributed by atoms with Gasteiger partial charge in [0.05, 0.1) is 6.61 Å². The summed E-state index contributed by atoms with van der Waals surface area (Å²) in [5, 5.41) is 9.75. The molecule has 174 valence electrons. The summed E-state index contributed by atoms with van der Waals surface area (Å²) in [5.41, 5.74) is 3.35. The number of carbonyl (C=O) groups excluding carboxylic acids is 1. The minimum absolute atomic E-state index is 0.0544. The van der Waals surface area contributed by atoms with Crippen LogP contribution in [-0.2, 0) is 22.4 Å². The third-order valence-corrected chi connectivity index (χ3v) is 7.00. The van der Waals surface area contributed by atoms with E-state index in [2.05, 4.69) is 37.8 Å². The van der Waals surface area contributed by atoms with Crippen molar-refractivity contribution < 1.29 is 14.6 Å². The molecule has 1 aromatic carbocycles. The van der Waals surface area contributed by atoms with Crippen molar-refractivity contribution in [3.63, 3.8) is 0 Å². The summed E-state index contributed by atoms with van der Waals surface area (Å²) in [7, 11) is 0. The molecule has 1 atom stereocenters. The Kier molecular flexibility index (Phi) is 12.0. The molecule has 0 aliphatic heterocycles. The highest BCUT2D eigenvalue weighted by Gasteiger charge is 2.28. The summed E-state index contributed by atoms with van der Waals surface area (Å²) in [6.07, 6.45) is 15.0. The molecule has 1 saturated carbocycles. The topological polar surface area (TPSA) is 46.5 Å². The van der Waals surface area contributed by atoms with Crippen LogP contribution in [0.15, 0.2) is 36.4 Å². The lowest BCUT2D eigenvalue weighted by Gasteiger charge is -2.33. The van der Waals surface area contributed by atoms with Crippen LogP contribution in [0, 0.1) is 17.8 Å². The summed E-state index contributed by atoms with van der Waals surface area (Å²) in [5.74, 6) is 0.927. The first-order chi connectivity index (χ1) is 15.0. The van der Waals surface area contributed by atoms with Crippen LogP contribution in [0.4, 0.5) is 0 Å². The normalized spacial score (nSPS) is 19.7. The molecular formula is C28H44O3. The third-order valence-electron chi connectivity index (χ3n) is 7.00. The van der Waals surface area contributed by atoms with E-state index in [9.17, 15) is 9.90 Å². The smallest absolute Gasteiger partial charge is 0.333 e. The lowest BCUT2D eigenvalue weighted by atomic mass is 9.74. The van der Waals surface area contributed by atoms with Crippen LogP contribution in [0.3, 0.4) is 0 Å². The van der Waals surface area contributed by atoms with Gasteiger partial charge in [0.2, 0.25) is 0 Å². The van der Waals surface area contributed by atoms with Crippen molar-refractivity contribution in [3.05, 3.63) is 47.5 Å². The fourth-order valence-corrected chi connectivity index (χ4v) is 4.77. The van der Waals surface area contributed by atoms with Crippen LogP contribution in [0.1, 0.15) is 89.2 Å². The average Bonchev–Trinajstić information content (AvgIpc) is 2.79. The monoisotopic (exact) mass is 428 g/mol. The van der Waals surface area contributed by atoms with E-state index in [0.29, 0.717) is 18.1 Å². The van der Waals surface area contributed by atoms with Crippen molar-refractivity contribution in [1.82, 2.24) is 0 Å². The van der Waals surface area contributed by atoms with Crippen LogP contribution in [0.5, 0.6) is 0 Å². The molecule has 0 spiro atoms. The number of ether oxygens (including phenoxy) is 1. The number of carbonyl (C=O) groups is 1. The Hall–Kier alpha value is -1.61. The number of esters is 1. The predicted molar refractivity (Wildman–Crippen MR) is 129 cm³/mol. The molecular weight excluding hydrogens is 384 g/mol. The van der Waals surface area contributed by atoms with E-state index in [0.717, 1.165) is 25.2 Å². The molecule has 31 heavy (non-hydrogen) atoms. The van der Waals surface area contributed by atoms with E-state index in [1.165, 1.54) is 68.9 Å². The van der Waals surface area contributed by atoms with Gasteiger partial charge in [-0.3, -0.25) is 0 Å². The Bertz CT molecular complexity index is 641. The molecule has 3 heteroatoms. The molecule has 1 aliphatic carbocycles. The summed E-state index contributed by atoms with van der Waals surface area (Å²) < 4.78 is 5.29. The summed E-state index contributed by atoms with van der Waals surface area (Å²) in [6, 6.07) is 9.30. The number of benzene rings is 1. The van der Waals surface area contributed by atoms with E-state index in [-0.39, 0.29) is 18.5 Å². The summed E-state index contributed by atoms with van der Waals surface area (Å²) in [6.45, 7) is 7.93. The zero-order valence-electron chi connectivity index (χ0n) is 19.9. The minimum atomic E-state index is -0.352. The van der Waals surface area contributed by atoms with Crippen molar-refractivity contribution in [1.29, 1.82) is 0 Å². The maximum Gasteiger partial charge on any atom is 0.333 e. The highest BCUT2D eigenvalue weighted by molar-refractivity contribution is 5.86. The van der Waals surface area contributed by atoms with Gasteiger partial charge in [-0.15, -0.1) is 0 Å². The first-order valence-corrected chi connectivity index (χ1v) is 12.5. The van der Waals surface area contributed by atoms with Crippen molar-refractivity contribution in [3.8, 4) is 0 Å². The van der Waals surface area contributed by atoms with E-state index in [4.69, 9.17) is 4.74 Å². The maximum atomic E-state index is 11.6. The van der Waals surface area contributed by atoms with E-state index in [1.54, 1.807) is 6.92 Å². The van der Waals surface area contributed by atoms with Crippen molar-refractivity contribution >= 4 is 5.97 Å². The van der Waals surface area contributed by atoms with Gasteiger partial charge in [0.1, 0.15) is 0 Å². The lowest BCUT2D eigenvalue weighted by molar-refractivity contribution is -0.141. The SMILES string of the molecule is C=C(C)C(=O)OCC(CO)C1CCC(CCc2ccc(CCCCCCC)cc2)CC1. The Morgan fingerprint density at radius 3 is 2.23 bits per heavy atom. The third kappa shape index (κ3) is 9.60. The predicted octanol–water partition coefficient (Wildman–Crippen LogP) is 6.67. The number of hydrogen-bond acceptors (Lipinski definition) is 3. The average molecular weight is 429 g/mol. The van der Waals surface area contributed by atoms with Crippen LogP contribution in [0.2, 0.25) is 0 Å². The molecule has 1 fully saturated rings. The highest BCUT2D eigenvalue weighted by atomic mass is 16.5. The molecule has 0 saturated heterocycles. The molecule has 0 heterocycles. The van der Waals surface area contributed by atoms with Crippen LogP contribution < -0.4 is 0 Å². The Morgan fingerprint density at radius 1 is 1.03 bits per heavy atom. The van der Waals surface area contributed by atoms with Crippen LogP contribution >= 0.6 is 0 Å². The molecule has 1 N–H and O–H groups in total. The van der Waals surface area contributed by atoms with Crippen molar-refractivity contribution in [2.75, 3.05) is 13.2 Å². The van der Waals surface area contributed by atoms with Gasteiger partial charge in [0.15, 0.2) is 0 Å². The Balaban J connectivity index is 1.66. The largest absolute Gasteiger partial charge is 0.462 e. The fourth-order valence-electron chi connectivity index (χ4n) is 4.77. The van der Waals surface area contributed by atoms with Crippen LogP contribution in [-0.4, -0.2) is 24.3 Å². The van der Waals surface area contributed by atoms with Gasteiger partial charge in [0.25, 0.3) is 0 Å². The molecule has 0 aromatic heterocycles. The Labute approximate surface area is 190 Å². The van der Waals surface area contributed by atoms with E-state index >= 15 is 0 Å². The highest BCUT2D eigenvalue weighted by Crippen LogP contribution is 2.35. The van der Waals surface area contributed by atoms with Gasteiger partial charge in [-0.05, 0) is 68.4 Å². The lowest BCUT2D eigenvalue weighted by Crippen LogP contribution is -2.29. The second kappa shape index (κ2) is 14.5. The second-order valence-electron chi connectivity index (χ2n) is 9.62. The quantitative estimate of drug-likeness (QED) is 0.204. The maximum absolute atomic E-state index is 11.6. The number of rotatable bonds is 14. The van der Waals surface area contributed by atoms with Gasteiger partial charge >= 0.3 is 5.97 Å².